The molecule has 3 nitrogen and oxygen atoms in total. The van der Waals surface area contributed by atoms with Crippen LogP contribution in [0.15, 0.2) is 467 Å². The van der Waals surface area contributed by atoms with Gasteiger partial charge < -0.3 is 14.4 Å². The lowest BCUT2D eigenvalue weighted by Gasteiger charge is -2.46. The fourth-order valence-electron chi connectivity index (χ4n) is 21.6. The van der Waals surface area contributed by atoms with Crippen LogP contribution in [-0.4, -0.2) is 27.4 Å². The maximum atomic E-state index is 2.77. The summed E-state index contributed by atoms with van der Waals surface area (Å²) in [5, 5.41) is 12.9. The number of benzene rings is 19. The van der Waals surface area contributed by atoms with Crippen LogP contribution in [0, 0.1) is 0 Å². The molecule has 0 saturated carbocycles. The van der Waals surface area contributed by atoms with E-state index in [1.165, 1.54) is 108 Å². The van der Waals surface area contributed by atoms with Crippen LogP contribution in [0.5, 0.6) is 0 Å². The molecule has 2 aliphatic rings. The minimum Gasteiger partial charge on any atom is -0.311 e. The van der Waals surface area contributed by atoms with Gasteiger partial charge in [0.1, 0.15) is 0 Å². The molecule has 0 N–H and O–H groups in total. The summed E-state index contributed by atoms with van der Waals surface area (Å²) in [6, 6.07) is 180. The van der Waals surface area contributed by atoms with Crippen LogP contribution in [0.25, 0.3) is 94.3 Å². The van der Waals surface area contributed by atoms with E-state index in [9.17, 15) is 0 Å². The van der Waals surface area contributed by atoms with Crippen LogP contribution in [0.2, 0.25) is 0 Å². The van der Waals surface area contributed by atoms with Gasteiger partial charge in [0.2, 0.25) is 0 Å². The smallest absolute Gasteiger partial charge is 0.252 e. The van der Waals surface area contributed by atoms with Crippen molar-refractivity contribution >= 4 is 137 Å². The number of hydrogen-bond donors (Lipinski definition) is 0. The van der Waals surface area contributed by atoms with Crippen LogP contribution >= 0.6 is 0 Å². The highest BCUT2D eigenvalue weighted by molar-refractivity contribution is 7.20. The highest BCUT2D eigenvalue weighted by Gasteiger charge is 2.49. The van der Waals surface area contributed by atoms with Crippen molar-refractivity contribution in [3.05, 3.63) is 484 Å². The molecule has 2 aliphatic heterocycles. The normalized spacial score (nSPS) is 12.7. The van der Waals surface area contributed by atoms with Gasteiger partial charge >= 0.3 is 0 Å². The van der Waals surface area contributed by atoms with Crippen molar-refractivity contribution in [2.75, 3.05) is 9.80 Å². The zero-order valence-corrected chi connectivity index (χ0v) is 78.4. The predicted molar refractivity (Wildman–Crippen MR) is 571 cm³/mol. The third kappa shape index (κ3) is 14.3. The summed E-state index contributed by atoms with van der Waals surface area (Å²) in [6.45, 7) is 20.8. The van der Waals surface area contributed by atoms with Gasteiger partial charge in [-0.3, -0.25) is 0 Å². The van der Waals surface area contributed by atoms with Gasteiger partial charge in [-0.2, -0.15) is 0 Å². The summed E-state index contributed by atoms with van der Waals surface area (Å²) >= 11 is 0. The first kappa shape index (κ1) is 82.7. The summed E-state index contributed by atoms with van der Waals surface area (Å²) in [6.07, 6.45) is 0. The van der Waals surface area contributed by atoms with Crippen molar-refractivity contribution < 1.29 is 0 Å². The number of hydrogen-bond acceptors (Lipinski definition) is 2. The number of anilines is 6. The lowest BCUT2D eigenvalue weighted by molar-refractivity contribution is 0.590. The molecule has 20 aromatic rings. The highest BCUT2D eigenvalue weighted by atomic mass is 28.3. The van der Waals surface area contributed by atoms with Gasteiger partial charge in [-0.05, 0) is 202 Å². The molecule has 0 saturated heterocycles. The van der Waals surface area contributed by atoms with Gasteiger partial charge in [-0.1, -0.05) is 469 Å². The van der Waals surface area contributed by atoms with Crippen molar-refractivity contribution in [2.45, 2.75) is 78.6 Å². The SMILES string of the molecule is CC(C)(C)c1ccc(N2c3cc(-c4ccc([Si](c5ccccc5)(c5ccccc5)c5cccc(-c6ccccc6)c5)cc4)ccc3B3c4ccc([Si](c5ccccc5)(c5ccccc5)c5cccc(-c6ccccc6)c5)cc4N(c4c(-c5ccccc5)cccc4-c4ccccc4)c4cc(-n5c6ccc(C(C)(C)C)cc6c6cc(C(C)(C)C)ccc65)cc2c43)c(-c2ccccc2)c1. The van der Waals surface area contributed by atoms with Crippen LogP contribution < -0.4 is 67.7 Å². The molecule has 0 atom stereocenters. The molecule has 1 aromatic heterocycles. The Morgan fingerprint density at radius 1 is 0.205 bits per heavy atom. The molecule has 19 aromatic carbocycles. The summed E-state index contributed by atoms with van der Waals surface area (Å²) in [5.74, 6) is 0. The second kappa shape index (κ2) is 33.2. The minimum atomic E-state index is -3.44. The predicted octanol–water partition coefficient (Wildman–Crippen LogP) is 25.5. The quantitative estimate of drug-likeness (QED) is 0.0665. The Morgan fingerprint density at radius 2 is 0.515 bits per heavy atom. The summed E-state index contributed by atoms with van der Waals surface area (Å²) in [5.41, 5.74) is 30.9. The average Bonchev–Trinajstić information content (AvgIpc) is 0.848. The van der Waals surface area contributed by atoms with Gasteiger partial charge in [-0.25, -0.2) is 0 Å². The first-order chi connectivity index (χ1) is 64.4. The molecule has 0 radical (unpaired) electrons. The van der Waals surface area contributed by atoms with Crippen LogP contribution in [0.3, 0.4) is 0 Å². The first-order valence-electron chi connectivity index (χ1n) is 46.6. The molecule has 0 unspecified atom stereocenters. The number of aromatic nitrogens is 1. The molecule has 0 spiro atoms. The van der Waals surface area contributed by atoms with E-state index in [1.54, 1.807) is 0 Å². The van der Waals surface area contributed by atoms with Crippen molar-refractivity contribution in [3.63, 3.8) is 0 Å². The highest BCUT2D eigenvalue weighted by Crippen LogP contribution is 2.53. The third-order valence-corrected chi connectivity index (χ3v) is 37.7. The third-order valence-electron chi connectivity index (χ3n) is 28.1. The average molecular weight is 1730 g/mol. The number of nitrogens with zero attached hydrogens (tertiary/aromatic N) is 3. The molecule has 0 fully saturated rings. The largest absolute Gasteiger partial charge is 0.311 e. The Labute approximate surface area is 780 Å². The summed E-state index contributed by atoms with van der Waals surface area (Å²) < 4.78 is 2.63. The zero-order chi connectivity index (χ0) is 89.6. The molecule has 132 heavy (non-hydrogen) atoms. The minimum absolute atomic E-state index is 0.128. The molecule has 0 aliphatic carbocycles. The van der Waals surface area contributed by atoms with Gasteiger partial charge in [0, 0.05) is 50.2 Å². The number of rotatable bonds is 17. The van der Waals surface area contributed by atoms with Crippen LogP contribution in [-0.2, 0) is 16.2 Å². The van der Waals surface area contributed by atoms with Crippen molar-refractivity contribution in [1.29, 1.82) is 0 Å². The van der Waals surface area contributed by atoms with Crippen LogP contribution in [0.1, 0.15) is 79.0 Å². The maximum Gasteiger partial charge on any atom is 0.252 e. The lowest BCUT2D eigenvalue weighted by Crippen LogP contribution is -2.75. The van der Waals surface area contributed by atoms with Gasteiger partial charge in [0.05, 0.1) is 28.1 Å². The second-order valence-corrected chi connectivity index (χ2v) is 46.7. The summed E-state index contributed by atoms with van der Waals surface area (Å²) in [4.78, 5) is 5.49. The fraction of sp³-hybridized carbons (Fsp3) is 0.0952. The second-order valence-electron chi connectivity index (χ2n) is 39.1. The van der Waals surface area contributed by atoms with Crippen molar-refractivity contribution in [3.8, 4) is 72.4 Å². The van der Waals surface area contributed by atoms with Gasteiger partial charge in [0.25, 0.3) is 6.71 Å². The Morgan fingerprint density at radius 3 is 0.955 bits per heavy atom. The fourth-order valence-corrected chi connectivity index (χ4v) is 31.1. The monoisotopic (exact) mass is 1730 g/mol. The number of fused-ring (bicyclic) bond motifs is 7. The van der Waals surface area contributed by atoms with Gasteiger partial charge in [0.15, 0.2) is 16.1 Å². The van der Waals surface area contributed by atoms with E-state index >= 15 is 0 Å². The Kier molecular flexibility index (Phi) is 20.8. The Bertz CT molecular complexity index is 7510. The standard InChI is InChI=1S/C126H104BN3Si2/c1-124(2,3)96-67-75-115(110(81-96)92-48-27-14-28-49-92)129-118-80-95(89-64-70-104(71-65-89)131(100-52-29-15-30-53-100,101-54-31-16-32-55-101)105-60-37-50-93(78-105)87-40-19-10-20-41-87)66-73-113(118)127-114-74-72-107(132(102-56-33-17-34-57-102,103-58-35-18-36-59-103)106-61-38-51-94(79-106)88-42-21-11-22-43-88)86-119(114)130(123-108(90-44-23-12-24-45-90)62-39-63-109(123)91-46-25-13-26-47-91)121-85-99(84-120(129)122(121)127)128-116-76-68-97(125(4,5)6)82-111(116)112-83-98(126(7,8)9)69-77-117(112)128/h10-86H,1-9H3. The Hall–Kier alpha value is -14.9. The van der Waals surface area contributed by atoms with E-state index in [1.807, 2.05) is 0 Å². The molecule has 22 rings (SSSR count). The summed E-state index contributed by atoms with van der Waals surface area (Å²) in [7, 11) is -6.51. The maximum absolute atomic E-state index is 3.44. The zero-order valence-electron chi connectivity index (χ0n) is 76.4. The molecular weight excluding hydrogens is 1620 g/mol. The molecule has 6 heteroatoms. The lowest BCUT2D eigenvalue weighted by atomic mass is 9.33. The van der Waals surface area contributed by atoms with E-state index in [-0.39, 0.29) is 23.0 Å². The Balaban J connectivity index is 0.888. The molecular formula is C126H104BN3Si2. The molecule has 3 heterocycles. The van der Waals surface area contributed by atoms with Crippen molar-refractivity contribution in [1.82, 2.24) is 4.57 Å². The van der Waals surface area contributed by atoms with Crippen LogP contribution in [0.4, 0.5) is 34.1 Å². The first-order valence-corrected chi connectivity index (χ1v) is 50.6. The molecule has 634 valence electrons. The van der Waals surface area contributed by atoms with E-state index < -0.39 is 16.1 Å². The topological polar surface area (TPSA) is 11.4 Å². The van der Waals surface area contributed by atoms with E-state index in [2.05, 4.69) is 544 Å². The van der Waals surface area contributed by atoms with E-state index in [0.717, 1.165) is 95.4 Å². The molecule has 0 amide bonds. The van der Waals surface area contributed by atoms with E-state index in [4.69, 9.17) is 0 Å². The van der Waals surface area contributed by atoms with E-state index in [0.29, 0.717) is 0 Å². The molecule has 0 bridgehead atoms. The van der Waals surface area contributed by atoms with Gasteiger partial charge in [-0.15, -0.1) is 0 Å². The number of para-hydroxylation sites is 1. The van der Waals surface area contributed by atoms with Crippen molar-refractivity contribution in [2.24, 2.45) is 0 Å².